The van der Waals surface area contributed by atoms with Gasteiger partial charge in [-0.25, -0.2) is 0 Å². The molecule has 0 aromatic heterocycles. The third-order valence-corrected chi connectivity index (χ3v) is 4.23. The fraction of sp³-hybridized carbons (Fsp3) is 0.409. The van der Waals surface area contributed by atoms with Gasteiger partial charge in [0.05, 0.1) is 13.7 Å². The van der Waals surface area contributed by atoms with E-state index in [1.165, 1.54) is 11.1 Å². The van der Waals surface area contributed by atoms with Gasteiger partial charge in [-0.05, 0) is 44.3 Å². The Bertz CT molecular complexity index is 762. The van der Waals surface area contributed by atoms with Crippen molar-refractivity contribution >= 4 is 5.96 Å². The van der Waals surface area contributed by atoms with Gasteiger partial charge in [-0.1, -0.05) is 36.4 Å². The molecule has 0 aliphatic rings. The summed E-state index contributed by atoms with van der Waals surface area (Å²) in [6.07, 6.45) is -0.0455. The first-order valence-electron chi connectivity index (χ1n) is 9.49. The maximum atomic E-state index is 5.98. The fourth-order valence-corrected chi connectivity index (χ4v) is 2.84. The minimum Gasteiger partial charge on any atom is -0.493 e. The molecule has 152 valence electrons. The molecule has 6 nitrogen and oxygen atoms in total. The summed E-state index contributed by atoms with van der Waals surface area (Å²) in [7, 11) is 7.57. The third kappa shape index (κ3) is 6.78. The van der Waals surface area contributed by atoms with Crippen LogP contribution in [0.1, 0.15) is 18.1 Å². The van der Waals surface area contributed by atoms with Crippen LogP contribution in [0.3, 0.4) is 0 Å². The molecule has 0 bridgehead atoms. The number of nitrogens with zero attached hydrogens (tertiary/aromatic N) is 2. The van der Waals surface area contributed by atoms with E-state index in [4.69, 9.17) is 9.47 Å². The number of hydrogen-bond acceptors (Lipinski definition) is 4. The highest BCUT2D eigenvalue weighted by atomic mass is 16.5. The summed E-state index contributed by atoms with van der Waals surface area (Å²) in [6.45, 7) is 4.26. The van der Waals surface area contributed by atoms with Crippen LogP contribution in [0.5, 0.6) is 11.5 Å². The first-order valence-corrected chi connectivity index (χ1v) is 9.49. The Hall–Kier alpha value is -2.73. The van der Waals surface area contributed by atoms with Crippen LogP contribution in [0.4, 0.5) is 0 Å². The number of benzene rings is 2. The molecule has 0 saturated carbocycles. The molecule has 2 aromatic rings. The molecule has 2 rings (SSSR count). The van der Waals surface area contributed by atoms with Crippen LogP contribution in [-0.2, 0) is 13.1 Å². The number of ether oxygens (including phenoxy) is 2. The Kier molecular flexibility index (Phi) is 8.62. The smallest absolute Gasteiger partial charge is 0.191 e. The van der Waals surface area contributed by atoms with Crippen LogP contribution in [0.25, 0.3) is 0 Å². The third-order valence-electron chi connectivity index (χ3n) is 4.23. The van der Waals surface area contributed by atoms with Crippen LogP contribution < -0.4 is 20.1 Å². The van der Waals surface area contributed by atoms with Gasteiger partial charge in [-0.3, -0.25) is 4.99 Å². The van der Waals surface area contributed by atoms with Crippen LogP contribution in [0.2, 0.25) is 0 Å². The van der Waals surface area contributed by atoms with Crippen molar-refractivity contribution in [1.29, 1.82) is 0 Å². The van der Waals surface area contributed by atoms with E-state index in [0.29, 0.717) is 13.1 Å². The Morgan fingerprint density at radius 1 is 1.00 bits per heavy atom. The van der Waals surface area contributed by atoms with Gasteiger partial charge >= 0.3 is 0 Å². The molecule has 0 fully saturated rings. The first-order chi connectivity index (χ1) is 13.5. The summed E-state index contributed by atoms with van der Waals surface area (Å²) in [6, 6.07) is 16.1. The van der Waals surface area contributed by atoms with Crippen LogP contribution in [-0.4, -0.2) is 51.8 Å². The quantitative estimate of drug-likeness (QED) is 0.514. The van der Waals surface area contributed by atoms with Gasteiger partial charge in [0.2, 0.25) is 0 Å². The Balaban J connectivity index is 1.86. The summed E-state index contributed by atoms with van der Waals surface area (Å²) < 4.78 is 11.3. The van der Waals surface area contributed by atoms with Gasteiger partial charge in [0, 0.05) is 20.1 Å². The number of para-hydroxylation sites is 2. The van der Waals surface area contributed by atoms with E-state index in [9.17, 15) is 0 Å². The first kappa shape index (κ1) is 21.6. The van der Waals surface area contributed by atoms with E-state index in [1.807, 2.05) is 31.2 Å². The summed E-state index contributed by atoms with van der Waals surface area (Å²) in [5.41, 5.74) is 2.57. The lowest BCUT2D eigenvalue weighted by Crippen LogP contribution is -2.41. The fourth-order valence-electron chi connectivity index (χ4n) is 2.84. The average molecular weight is 385 g/mol. The molecule has 0 heterocycles. The van der Waals surface area contributed by atoms with Gasteiger partial charge in [-0.2, -0.15) is 0 Å². The highest BCUT2D eigenvalue weighted by Gasteiger charge is 2.10. The second-order valence-corrected chi connectivity index (χ2v) is 6.89. The number of nitrogens with one attached hydrogen (secondary N) is 2. The minimum absolute atomic E-state index is 0.0455. The van der Waals surface area contributed by atoms with Crippen LogP contribution in [0, 0.1) is 0 Å². The zero-order chi connectivity index (χ0) is 20.4. The number of hydrogen-bond donors (Lipinski definition) is 2. The molecular weight excluding hydrogens is 352 g/mol. The van der Waals surface area contributed by atoms with Gasteiger partial charge < -0.3 is 25.0 Å². The standard InChI is InChI=1S/C22H32N4O2/c1-17(28-21-13-9-8-12-20(21)27-5)14-24-22(23-2)25-15-18-10-6-7-11-19(18)16-26(3)4/h6-13,17H,14-16H2,1-5H3,(H2,23,24,25). The van der Waals surface area contributed by atoms with E-state index in [2.05, 4.69) is 58.9 Å². The molecule has 0 saturated heterocycles. The normalized spacial score (nSPS) is 12.6. The predicted molar refractivity (Wildman–Crippen MR) is 115 cm³/mol. The van der Waals surface area contributed by atoms with Crippen molar-refractivity contribution in [1.82, 2.24) is 15.5 Å². The molecule has 0 amide bonds. The molecule has 0 aliphatic heterocycles. The van der Waals surface area contributed by atoms with Gasteiger partial charge in [-0.15, -0.1) is 0 Å². The van der Waals surface area contributed by atoms with Gasteiger partial charge in [0.1, 0.15) is 6.10 Å². The number of methoxy groups -OCH3 is 1. The molecule has 6 heteroatoms. The molecule has 28 heavy (non-hydrogen) atoms. The second kappa shape index (κ2) is 11.2. The van der Waals surface area contributed by atoms with Crippen molar-refractivity contribution in [3.63, 3.8) is 0 Å². The molecular formula is C22H32N4O2. The SMILES string of the molecule is CN=C(NCc1ccccc1CN(C)C)NCC(C)Oc1ccccc1OC. The zero-order valence-corrected chi connectivity index (χ0v) is 17.5. The monoisotopic (exact) mass is 384 g/mol. The van der Waals surface area contributed by atoms with Crippen LogP contribution in [0.15, 0.2) is 53.5 Å². The summed E-state index contributed by atoms with van der Waals surface area (Å²) in [5, 5.41) is 6.70. The Morgan fingerprint density at radius 2 is 1.64 bits per heavy atom. The van der Waals surface area contributed by atoms with Crippen molar-refractivity contribution < 1.29 is 9.47 Å². The zero-order valence-electron chi connectivity index (χ0n) is 17.5. The summed E-state index contributed by atoms with van der Waals surface area (Å²) in [5.74, 6) is 2.21. The molecule has 1 unspecified atom stereocenters. The molecule has 0 spiro atoms. The lowest BCUT2D eigenvalue weighted by molar-refractivity contribution is 0.213. The van der Waals surface area contributed by atoms with E-state index in [1.54, 1.807) is 14.2 Å². The minimum atomic E-state index is -0.0455. The molecule has 1 atom stereocenters. The van der Waals surface area contributed by atoms with Crippen LogP contribution >= 0.6 is 0 Å². The Labute approximate surface area is 168 Å². The van der Waals surface area contributed by atoms with Gasteiger partial charge in [0.15, 0.2) is 17.5 Å². The topological polar surface area (TPSA) is 58.1 Å². The summed E-state index contributed by atoms with van der Waals surface area (Å²) in [4.78, 5) is 6.48. The molecule has 0 aliphatic carbocycles. The maximum absolute atomic E-state index is 5.98. The van der Waals surface area contributed by atoms with E-state index in [0.717, 1.165) is 24.0 Å². The van der Waals surface area contributed by atoms with Crippen molar-refractivity contribution in [3.05, 3.63) is 59.7 Å². The van der Waals surface area contributed by atoms with E-state index in [-0.39, 0.29) is 6.10 Å². The molecule has 2 N–H and O–H groups in total. The van der Waals surface area contributed by atoms with Crippen molar-refractivity contribution in [2.24, 2.45) is 4.99 Å². The predicted octanol–water partition coefficient (Wildman–Crippen LogP) is 2.89. The highest BCUT2D eigenvalue weighted by Crippen LogP contribution is 2.26. The lowest BCUT2D eigenvalue weighted by atomic mass is 10.1. The number of guanidine groups is 1. The lowest BCUT2D eigenvalue weighted by Gasteiger charge is -2.20. The second-order valence-electron chi connectivity index (χ2n) is 6.89. The largest absolute Gasteiger partial charge is 0.493 e. The highest BCUT2D eigenvalue weighted by molar-refractivity contribution is 5.79. The van der Waals surface area contributed by atoms with E-state index < -0.39 is 0 Å². The van der Waals surface area contributed by atoms with Crippen molar-refractivity contribution in [2.45, 2.75) is 26.1 Å². The molecule has 0 radical (unpaired) electrons. The van der Waals surface area contributed by atoms with Gasteiger partial charge in [0.25, 0.3) is 0 Å². The Morgan fingerprint density at radius 3 is 2.29 bits per heavy atom. The van der Waals surface area contributed by atoms with Crippen molar-refractivity contribution in [2.75, 3.05) is 34.8 Å². The summed E-state index contributed by atoms with van der Waals surface area (Å²) >= 11 is 0. The van der Waals surface area contributed by atoms with E-state index >= 15 is 0 Å². The average Bonchev–Trinajstić information content (AvgIpc) is 2.69. The molecule has 2 aromatic carbocycles. The number of rotatable bonds is 9. The maximum Gasteiger partial charge on any atom is 0.191 e. The van der Waals surface area contributed by atoms with Crippen molar-refractivity contribution in [3.8, 4) is 11.5 Å². The number of aliphatic imine (C=N–C) groups is 1.